The highest BCUT2D eigenvalue weighted by Crippen LogP contribution is 2.13. The number of hydrogen-bond donors (Lipinski definition) is 3. The lowest BCUT2D eigenvalue weighted by Gasteiger charge is -2.36. The minimum Gasteiger partial charge on any atom is -0.409 e. The van der Waals surface area contributed by atoms with E-state index in [1.165, 1.54) is 0 Å². The standard InChI is InChI=1S/C9H16N6O2/c1-5-3-15(4-6(2)11-5)9(12-16)7-8(10)14-17-13-7/h5-6,11,16H,3-4H2,1-2H3,(H2,10,14)/b12-9+. The van der Waals surface area contributed by atoms with Crippen LogP contribution in [0.25, 0.3) is 0 Å². The minimum absolute atomic E-state index is 0.122. The van der Waals surface area contributed by atoms with E-state index in [4.69, 9.17) is 10.9 Å². The van der Waals surface area contributed by atoms with Gasteiger partial charge in [-0.05, 0) is 24.2 Å². The zero-order valence-corrected chi connectivity index (χ0v) is 9.79. The van der Waals surface area contributed by atoms with Crippen molar-refractivity contribution in [3.63, 3.8) is 0 Å². The number of hydrogen-bond acceptors (Lipinski definition) is 7. The summed E-state index contributed by atoms with van der Waals surface area (Å²) in [5, 5.41) is 22.9. The average molecular weight is 240 g/mol. The Kier molecular flexibility index (Phi) is 3.14. The first-order chi connectivity index (χ1) is 8.11. The van der Waals surface area contributed by atoms with Gasteiger partial charge in [0.1, 0.15) is 0 Å². The van der Waals surface area contributed by atoms with Crippen molar-refractivity contribution in [1.29, 1.82) is 0 Å². The molecule has 8 heteroatoms. The Labute approximate surface area is 98.4 Å². The van der Waals surface area contributed by atoms with Gasteiger partial charge in [0.25, 0.3) is 0 Å². The molecule has 0 aliphatic carbocycles. The van der Waals surface area contributed by atoms with Crippen molar-refractivity contribution >= 4 is 11.7 Å². The van der Waals surface area contributed by atoms with E-state index >= 15 is 0 Å². The molecule has 0 spiro atoms. The van der Waals surface area contributed by atoms with Gasteiger partial charge in [-0.15, -0.1) is 0 Å². The number of piperazine rings is 1. The largest absolute Gasteiger partial charge is 0.409 e. The average Bonchev–Trinajstić information content (AvgIpc) is 2.65. The summed E-state index contributed by atoms with van der Waals surface area (Å²) in [6.45, 7) is 5.52. The van der Waals surface area contributed by atoms with E-state index in [1.54, 1.807) is 0 Å². The number of nitrogen functional groups attached to an aromatic ring is 1. The molecule has 4 N–H and O–H groups in total. The topological polar surface area (TPSA) is 113 Å². The molecule has 0 bridgehead atoms. The van der Waals surface area contributed by atoms with E-state index in [1.807, 2.05) is 4.90 Å². The molecule has 0 saturated carbocycles. The molecular formula is C9H16N6O2. The molecule has 0 aromatic carbocycles. The van der Waals surface area contributed by atoms with E-state index in [2.05, 4.69) is 39.3 Å². The second-order valence-electron chi connectivity index (χ2n) is 4.30. The molecule has 1 aromatic rings. The summed E-state index contributed by atoms with van der Waals surface area (Å²) in [5.41, 5.74) is 5.86. The molecule has 2 unspecified atom stereocenters. The predicted octanol–water partition coefficient (Wildman–Crippen LogP) is -0.530. The summed E-state index contributed by atoms with van der Waals surface area (Å²) in [5.74, 6) is 0.417. The predicted molar refractivity (Wildman–Crippen MR) is 60.7 cm³/mol. The molecule has 1 fully saturated rings. The Bertz CT molecular complexity index is 407. The van der Waals surface area contributed by atoms with Crippen LogP contribution in [0.5, 0.6) is 0 Å². The van der Waals surface area contributed by atoms with Crippen molar-refractivity contribution in [1.82, 2.24) is 20.5 Å². The third-order valence-corrected chi connectivity index (χ3v) is 2.68. The third-order valence-electron chi connectivity index (χ3n) is 2.68. The van der Waals surface area contributed by atoms with Crippen LogP contribution in [0, 0.1) is 0 Å². The number of nitrogens with one attached hydrogen (secondary N) is 1. The van der Waals surface area contributed by atoms with Crippen LogP contribution in [-0.2, 0) is 0 Å². The molecule has 8 nitrogen and oxygen atoms in total. The van der Waals surface area contributed by atoms with Crippen molar-refractivity contribution < 1.29 is 9.84 Å². The zero-order valence-electron chi connectivity index (χ0n) is 9.79. The molecular weight excluding hydrogens is 224 g/mol. The zero-order chi connectivity index (χ0) is 12.4. The van der Waals surface area contributed by atoms with Crippen LogP contribution >= 0.6 is 0 Å². The number of anilines is 1. The van der Waals surface area contributed by atoms with Crippen LogP contribution < -0.4 is 11.1 Å². The van der Waals surface area contributed by atoms with Crippen molar-refractivity contribution in [2.45, 2.75) is 25.9 Å². The second-order valence-corrected chi connectivity index (χ2v) is 4.30. The number of amidine groups is 1. The Morgan fingerprint density at radius 3 is 2.59 bits per heavy atom. The molecule has 1 aromatic heterocycles. The Hall–Kier alpha value is -1.83. The van der Waals surface area contributed by atoms with E-state index in [0.717, 1.165) is 0 Å². The highest BCUT2D eigenvalue weighted by atomic mass is 16.6. The monoisotopic (exact) mass is 240 g/mol. The highest BCUT2D eigenvalue weighted by Gasteiger charge is 2.28. The summed E-state index contributed by atoms with van der Waals surface area (Å²) < 4.78 is 4.51. The van der Waals surface area contributed by atoms with Crippen LogP contribution in [0.2, 0.25) is 0 Å². The quantitative estimate of drug-likeness (QED) is 0.262. The van der Waals surface area contributed by atoms with Crippen molar-refractivity contribution in [3.05, 3.63) is 5.69 Å². The maximum Gasteiger partial charge on any atom is 0.201 e. The molecule has 2 atom stereocenters. The summed E-state index contributed by atoms with van der Waals surface area (Å²) >= 11 is 0. The van der Waals surface area contributed by atoms with Gasteiger partial charge in [-0.1, -0.05) is 5.16 Å². The fourth-order valence-corrected chi connectivity index (χ4v) is 2.11. The van der Waals surface area contributed by atoms with Gasteiger partial charge in [0, 0.05) is 25.2 Å². The molecule has 0 radical (unpaired) electrons. The molecule has 2 heterocycles. The molecule has 1 aliphatic rings. The van der Waals surface area contributed by atoms with E-state index in [0.29, 0.717) is 18.9 Å². The minimum atomic E-state index is 0.122. The van der Waals surface area contributed by atoms with Gasteiger partial charge in [-0.3, -0.25) is 0 Å². The van der Waals surface area contributed by atoms with Crippen molar-refractivity contribution in [2.24, 2.45) is 5.16 Å². The molecule has 94 valence electrons. The lowest BCUT2D eigenvalue weighted by molar-refractivity contribution is 0.237. The van der Waals surface area contributed by atoms with Gasteiger partial charge in [-0.25, -0.2) is 4.63 Å². The van der Waals surface area contributed by atoms with Crippen LogP contribution in [0.1, 0.15) is 19.5 Å². The van der Waals surface area contributed by atoms with Gasteiger partial charge in [0.05, 0.1) is 0 Å². The fourth-order valence-electron chi connectivity index (χ4n) is 2.11. The van der Waals surface area contributed by atoms with E-state index < -0.39 is 0 Å². The SMILES string of the molecule is CC1CN(/C(=N/O)c2nonc2N)CC(C)N1. The van der Waals surface area contributed by atoms with Crippen LogP contribution in [0.3, 0.4) is 0 Å². The maximum absolute atomic E-state index is 9.11. The lowest BCUT2D eigenvalue weighted by Crippen LogP contribution is -2.56. The smallest absolute Gasteiger partial charge is 0.201 e. The second kappa shape index (κ2) is 4.58. The summed E-state index contributed by atoms with van der Waals surface area (Å²) in [6.07, 6.45) is 0. The summed E-state index contributed by atoms with van der Waals surface area (Å²) in [4.78, 5) is 1.90. The Morgan fingerprint density at radius 1 is 1.47 bits per heavy atom. The molecule has 2 rings (SSSR count). The Balaban J connectivity index is 2.22. The van der Waals surface area contributed by atoms with Crippen molar-refractivity contribution in [2.75, 3.05) is 18.8 Å². The van der Waals surface area contributed by atoms with E-state index in [9.17, 15) is 0 Å². The van der Waals surface area contributed by atoms with Gasteiger partial charge in [-0.2, -0.15) is 0 Å². The summed E-state index contributed by atoms with van der Waals surface area (Å²) in [6, 6.07) is 0.577. The normalized spacial score (nSPS) is 26.2. The van der Waals surface area contributed by atoms with Gasteiger partial charge >= 0.3 is 0 Å². The molecule has 17 heavy (non-hydrogen) atoms. The van der Waals surface area contributed by atoms with Gasteiger partial charge in [0.2, 0.25) is 5.84 Å². The van der Waals surface area contributed by atoms with E-state index in [-0.39, 0.29) is 23.6 Å². The van der Waals surface area contributed by atoms with Crippen molar-refractivity contribution in [3.8, 4) is 0 Å². The fraction of sp³-hybridized carbons (Fsp3) is 0.667. The van der Waals surface area contributed by atoms with Gasteiger partial charge < -0.3 is 21.2 Å². The third kappa shape index (κ3) is 2.31. The van der Waals surface area contributed by atoms with Gasteiger partial charge in [0.15, 0.2) is 11.5 Å². The first-order valence-corrected chi connectivity index (χ1v) is 5.43. The maximum atomic E-state index is 9.11. The number of nitrogens with zero attached hydrogens (tertiary/aromatic N) is 4. The molecule has 1 aliphatic heterocycles. The first kappa shape index (κ1) is 11.6. The Morgan fingerprint density at radius 2 is 2.12 bits per heavy atom. The number of nitrogens with two attached hydrogens (primary N) is 1. The number of oxime groups is 1. The number of rotatable bonds is 1. The summed E-state index contributed by atoms with van der Waals surface area (Å²) in [7, 11) is 0. The number of aromatic nitrogens is 2. The van der Waals surface area contributed by atoms with Crippen LogP contribution in [0.15, 0.2) is 9.78 Å². The molecule has 1 saturated heterocycles. The van der Waals surface area contributed by atoms with Crippen LogP contribution in [-0.4, -0.2) is 51.4 Å². The lowest BCUT2D eigenvalue weighted by atomic mass is 10.1. The first-order valence-electron chi connectivity index (χ1n) is 5.43. The highest BCUT2D eigenvalue weighted by molar-refractivity contribution is 6.00. The van der Waals surface area contributed by atoms with Crippen LogP contribution in [0.4, 0.5) is 5.82 Å². The molecule has 0 amide bonds.